The third-order valence-corrected chi connectivity index (χ3v) is 9.27. The summed E-state index contributed by atoms with van der Waals surface area (Å²) in [7, 11) is 3.01. The minimum atomic E-state index is -1.71. The standard InChI is InChI=1S/C35H25ClFNO5/c1-42-27-15-11-20(18-28(27)43-2)30-31(32(39)24-9-5-6-10-25(24)36)38-26-14-13-21(37)17-19(26)12-16-29(38)35(30)33(40)22-7-3-4-8-23(22)34(35)41/h3-18,29-31H,1-2H3/t29?,30-,31+/m0/s1. The van der Waals surface area contributed by atoms with Crippen molar-refractivity contribution in [2.24, 2.45) is 5.41 Å². The molecule has 6 nitrogen and oxygen atoms in total. The maximum absolute atomic E-state index is 14.8. The highest BCUT2D eigenvalue weighted by Gasteiger charge is 2.71. The molecule has 1 unspecified atom stereocenters. The van der Waals surface area contributed by atoms with Gasteiger partial charge >= 0.3 is 0 Å². The third kappa shape index (κ3) is 3.67. The van der Waals surface area contributed by atoms with Crippen LogP contribution in [0.25, 0.3) is 6.08 Å². The number of hydrogen-bond donors (Lipinski definition) is 0. The van der Waals surface area contributed by atoms with Gasteiger partial charge in [0.1, 0.15) is 17.3 Å². The van der Waals surface area contributed by atoms with Crippen LogP contribution >= 0.6 is 11.6 Å². The SMILES string of the molecule is COc1ccc([C@H]2[C@H](C(=O)c3ccccc3Cl)N3c4ccc(F)cc4C=CC3C23C(=O)c2ccccc2C3=O)cc1OC. The van der Waals surface area contributed by atoms with E-state index in [0.29, 0.717) is 39.4 Å². The zero-order valence-corrected chi connectivity index (χ0v) is 24.0. The first-order valence-electron chi connectivity index (χ1n) is 13.8. The largest absolute Gasteiger partial charge is 0.493 e. The molecular formula is C35H25ClFNO5. The molecule has 0 aromatic heterocycles. The van der Waals surface area contributed by atoms with Gasteiger partial charge in [-0.25, -0.2) is 4.39 Å². The topological polar surface area (TPSA) is 72.9 Å². The first-order valence-corrected chi connectivity index (χ1v) is 14.2. The normalized spacial score (nSPS) is 21.0. The van der Waals surface area contributed by atoms with Gasteiger partial charge < -0.3 is 14.4 Å². The number of methoxy groups -OCH3 is 2. The van der Waals surface area contributed by atoms with Gasteiger partial charge in [0.2, 0.25) is 0 Å². The van der Waals surface area contributed by atoms with Gasteiger partial charge in [-0.2, -0.15) is 0 Å². The van der Waals surface area contributed by atoms with Crippen molar-refractivity contribution in [3.05, 3.63) is 130 Å². The number of halogens is 2. The number of carbonyl (C=O) groups excluding carboxylic acids is 3. The van der Waals surface area contributed by atoms with Crippen molar-refractivity contribution in [2.45, 2.75) is 18.0 Å². The Morgan fingerprint density at radius 1 is 0.860 bits per heavy atom. The van der Waals surface area contributed by atoms with Crippen LogP contribution in [0.3, 0.4) is 0 Å². The van der Waals surface area contributed by atoms with Gasteiger partial charge in [0.25, 0.3) is 0 Å². The summed E-state index contributed by atoms with van der Waals surface area (Å²) in [4.78, 5) is 46.1. The number of carbonyl (C=O) groups is 3. The van der Waals surface area contributed by atoms with Crippen LogP contribution in [0.5, 0.6) is 11.5 Å². The van der Waals surface area contributed by atoms with Crippen LogP contribution < -0.4 is 14.4 Å². The van der Waals surface area contributed by atoms with Gasteiger partial charge in [0.15, 0.2) is 28.8 Å². The fourth-order valence-electron chi connectivity index (χ4n) is 7.19. The number of hydrogen-bond acceptors (Lipinski definition) is 6. The number of ketones is 3. The molecule has 8 heteroatoms. The Balaban J connectivity index is 1.57. The van der Waals surface area contributed by atoms with Crippen LogP contribution in [-0.2, 0) is 0 Å². The fourth-order valence-corrected chi connectivity index (χ4v) is 7.42. The van der Waals surface area contributed by atoms with E-state index in [9.17, 15) is 18.8 Å². The molecule has 1 fully saturated rings. The molecule has 0 bridgehead atoms. The van der Waals surface area contributed by atoms with E-state index in [4.69, 9.17) is 21.1 Å². The summed E-state index contributed by atoms with van der Waals surface area (Å²) in [6.45, 7) is 0. The second kappa shape index (κ2) is 9.92. The molecule has 0 N–H and O–H groups in total. The van der Waals surface area contributed by atoms with Gasteiger partial charge in [0, 0.05) is 33.9 Å². The summed E-state index contributed by atoms with van der Waals surface area (Å²) in [6, 6.07) is 21.0. The highest BCUT2D eigenvalue weighted by molar-refractivity contribution is 6.35. The molecule has 3 atom stereocenters. The van der Waals surface area contributed by atoms with E-state index < -0.39 is 29.2 Å². The Morgan fingerprint density at radius 2 is 1.53 bits per heavy atom. The Labute approximate surface area is 252 Å². The molecule has 43 heavy (non-hydrogen) atoms. The molecule has 0 radical (unpaired) electrons. The van der Waals surface area contributed by atoms with Gasteiger partial charge in [0.05, 0.1) is 25.3 Å². The lowest BCUT2D eigenvalue weighted by Gasteiger charge is -2.37. The van der Waals surface area contributed by atoms with Gasteiger partial charge in [-0.05, 0) is 48.0 Å². The number of nitrogens with zero attached hydrogens (tertiary/aromatic N) is 1. The highest BCUT2D eigenvalue weighted by Crippen LogP contribution is 2.61. The number of ether oxygens (including phenoxy) is 2. The third-order valence-electron chi connectivity index (χ3n) is 8.94. The second-order valence-electron chi connectivity index (χ2n) is 10.9. The van der Waals surface area contributed by atoms with Crippen molar-refractivity contribution in [3.8, 4) is 11.5 Å². The zero-order valence-electron chi connectivity index (χ0n) is 23.2. The van der Waals surface area contributed by atoms with Crippen molar-refractivity contribution in [1.82, 2.24) is 0 Å². The summed E-state index contributed by atoms with van der Waals surface area (Å²) < 4.78 is 25.5. The van der Waals surface area contributed by atoms with Crippen molar-refractivity contribution < 1.29 is 28.2 Å². The summed E-state index contributed by atoms with van der Waals surface area (Å²) >= 11 is 6.58. The van der Waals surface area contributed by atoms with E-state index in [1.807, 2.05) is 4.90 Å². The Kier molecular flexibility index (Phi) is 6.25. The lowest BCUT2D eigenvalue weighted by Crippen LogP contribution is -2.48. The smallest absolute Gasteiger partial charge is 0.187 e. The quantitative estimate of drug-likeness (QED) is 0.187. The minimum Gasteiger partial charge on any atom is -0.493 e. The zero-order chi connectivity index (χ0) is 30.0. The molecule has 7 rings (SSSR count). The summed E-state index contributed by atoms with van der Waals surface area (Å²) in [5, 5.41) is 0.246. The van der Waals surface area contributed by atoms with Gasteiger partial charge in [-0.15, -0.1) is 0 Å². The highest BCUT2D eigenvalue weighted by atomic mass is 35.5. The van der Waals surface area contributed by atoms with E-state index in [0.717, 1.165) is 0 Å². The minimum absolute atomic E-state index is 0.246. The van der Waals surface area contributed by atoms with E-state index in [1.54, 1.807) is 84.9 Å². The summed E-state index contributed by atoms with van der Waals surface area (Å²) in [5.41, 5.74) is 0.773. The van der Waals surface area contributed by atoms with Crippen molar-refractivity contribution in [2.75, 3.05) is 19.1 Å². The van der Waals surface area contributed by atoms with Gasteiger partial charge in [-0.3, -0.25) is 14.4 Å². The lowest BCUT2D eigenvalue weighted by molar-refractivity contribution is 0.0665. The van der Waals surface area contributed by atoms with Crippen LogP contribution in [0.1, 0.15) is 48.1 Å². The Hall–Kier alpha value is -4.75. The Morgan fingerprint density at radius 3 is 2.21 bits per heavy atom. The molecule has 0 saturated carbocycles. The molecule has 2 aliphatic heterocycles. The molecule has 1 aliphatic carbocycles. The first-order chi connectivity index (χ1) is 20.8. The Bertz CT molecular complexity index is 1850. The van der Waals surface area contributed by atoms with E-state index in [1.165, 1.54) is 26.4 Å². The predicted molar refractivity (Wildman–Crippen MR) is 161 cm³/mol. The molecule has 4 aromatic carbocycles. The fraction of sp³-hybridized carbons (Fsp3) is 0.171. The lowest BCUT2D eigenvalue weighted by atomic mass is 9.64. The summed E-state index contributed by atoms with van der Waals surface area (Å²) in [6.07, 6.45) is 3.47. The number of Topliss-reactive ketones (excluding diaryl/α,β-unsaturated/α-hetero) is 3. The maximum Gasteiger partial charge on any atom is 0.187 e. The first kappa shape index (κ1) is 27.1. The molecule has 1 spiro atoms. The molecule has 4 aromatic rings. The number of benzene rings is 4. The summed E-state index contributed by atoms with van der Waals surface area (Å²) in [5.74, 6) is -1.68. The molecule has 2 heterocycles. The van der Waals surface area contributed by atoms with Crippen molar-refractivity contribution in [3.63, 3.8) is 0 Å². The average Bonchev–Trinajstić information content (AvgIpc) is 3.46. The van der Waals surface area contributed by atoms with Crippen molar-refractivity contribution >= 4 is 40.7 Å². The number of fused-ring (bicyclic) bond motifs is 5. The molecule has 1 saturated heterocycles. The monoisotopic (exact) mass is 593 g/mol. The molecule has 0 amide bonds. The number of rotatable bonds is 5. The predicted octanol–water partition coefficient (Wildman–Crippen LogP) is 6.81. The molecule has 214 valence electrons. The van der Waals surface area contributed by atoms with E-state index in [2.05, 4.69) is 0 Å². The molecular weight excluding hydrogens is 569 g/mol. The van der Waals surface area contributed by atoms with Crippen LogP contribution in [0.15, 0.2) is 91.0 Å². The average molecular weight is 594 g/mol. The van der Waals surface area contributed by atoms with E-state index >= 15 is 0 Å². The van der Waals surface area contributed by atoms with Crippen LogP contribution in [0.2, 0.25) is 5.02 Å². The number of anilines is 1. The maximum atomic E-state index is 14.8. The second-order valence-corrected chi connectivity index (χ2v) is 11.3. The van der Waals surface area contributed by atoms with Crippen LogP contribution in [0, 0.1) is 11.2 Å². The van der Waals surface area contributed by atoms with E-state index in [-0.39, 0.29) is 27.9 Å². The van der Waals surface area contributed by atoms with Crippen LogP contribution in [0.4, 0.5) is 10.1 Å². The molecule has 3 aliphatic rings. The van der Waals surface area contributed by atoms with Crippen molar-refractivity contribution in [1.29, 1.82) is 0 Å². The van der Waals surface area contributed by atoms with Crippen LogP contribution in [-0.4, -0.2) is 43.7 Å². The van der Waals surface area contributed by atoms with Gasteiger partial charge in [-0.1, -0.05) is 66.2 Å².